The number of nitrogens with zero attached hydrogens (tertiary/aromatic N) is 2. The Balaban J connectivity index is 1.58. The molecule has 0 unspecified atom stereocenters. The molecule has 0 aliphatic heterocycles. The minimum atomic E-state index is -0.258. The number of aryl methyl sites for hydroxylation is 1. The van der Waals surface area contributed by atoms with Gasteiger partial charge in [0.05, 0.1) is 0 Å². The summed E-state index contributed by atoms with van der Waals surface area (Å²) in [5.74, 6) is 0. The molecule has 0 saturated carbocycles. The molecule has 0 saturated heterocycles. The number of benzene rings is 1. The summed E-state index contributed by atoms with van der Waals surface area (Å²) in [6, 6.07) is 11.9. The predicted molar refractivity (Wildman–Crippen MR) is 99.7 cm³/mol. The van der Waals surface area contributed by atoms with Crippen molar-refractivity contribution in [2.24, 2.45) is 0 Å². The summed E-state index contributed by atoms with van der Waals surface area (Å²) >= 11 is 3.06. The van der Waals surface area contributed by atoms with Crippen molar-refractivity contribution in [3.63, 3.8) is 0 Å². The van der Waals surface area contributed by atoms with E-state index in [1.807, 2.05) is 49.6 Å². The molecule has 0 fully saturated rings. The molecule has 0 aliphatic carbocycles. The second-order valence-electron chi connectivity index (χ2n) is 5.51. The van der Waals surface area contributed by atoms with Crippen LogP contribution in [0.15, 0.2) is 41.8 Å². The molecule has 0 aliphatic rings. The van der Waals surface area contributed by atoms with Crippen LogP contribution >= 0.6 is 22.7 Å². The Morgan fingerprint density at radius 2 is 2.04 bits per heavy atom. The van der Waals surface area contributed by atoms with Gasteiger partial charge in [0.2, 0.25) is 5.13 Å². The van der Waals surface area contributed by atoms with Gasteiger partial charge in [-0.25, -0.2) is 4.79 Å². The largest absolute Gasteiger partial charge is 0.335 e. The van der Waals surface area contributed by atoms with Gasteiger partial charge in [0, 0.05) is 22.9 Å². The highest BCUT2D eigenvalue weighted by molar-refractivity contribution is 7.18. The van der Waals surface area contributed by atoms with Crippen molar-refractivity contribution in [2.45, 2.75) is 26.3 Å². The van der Waals surface area contributed by atoms with Crippen LogP contribution in [-0.2, 0) is 6.42 Å². The summed E-state index contributed by atoms with van der Waals surface area (Å²) in [6.45, 7) is 4.01. The molecule has 0 radical (unpaired) electrons. The average Bonchev–Trinajstić information content (AvgIpc) is 3.19. The van der Waals surface area contributed by atoms with Crippen LogP contribution in [0.4, 0.5) is 9.93 Å². The third-order valence-corrected chi connectivity index (χ3v) is 5.26. The summed E-state index contributed by atoms with van der Waals surface area (Å²) in [6.07, 6.45) is 0.815. The summed E-state index contributed by atoms with van der Waals surface area (Å²) in [5, 5.41) is 17.2. The lowest BCUT2D eigenvalue weighted by Gasteiger charge is -2.12. The third-order valence-electron chi connectivity index (χ3n) is 3.49. The molecule has 2 aromatic heterocycles. The van der Waals surface area contributed by atoms with E-state index in [1.54, 1.807) is 11.3 Å². The first-order chi connectivity index (χ1) is 11.6. The van der Waals surface area contributed by atoms with Gasteiger partial charge in [-0.2, -0.15) is 0 Å². The number of hydrogen-bond acceptors (Lipinski definition) is 5. The Morgan fingerprint density at radius 1 is 1.21 bits per heavy atom. The average molecular weight is 358 g/mol. The monoisotopic (exact) mass is 358 g/mol. The van der Waals surface area contributed by atoms with E-state index in [0.29, 0.717) is 5.13 Å². The van der Waals surface area contributed by atoms with E-state index in [1.165, 1.54) is 16.2 Å². The maximum Gasteiger partial charge on any atom is 0.321 e. The maximum atomic E-state index is 12.1. The Morgan fingerprint density at radius 3 is 2.79 bits per heavy atom. The van der Waals surface area contributed by atoms with Gasteiger partial charge >= 0.3 is 6.03 Å². The normalized spacial score (nSPS) is 11.9. The van der Waals surface area contributed by atoms with Crippen LogP contribution in [0, 0.1) is 6.92 Å². The zero-order valence-corrected chi connectivity index (χ0v) is 15.1. The molecule has 3 rings (SSSR count). The van der Waals surface area contributed by atoms with Crippen LogP contribution in [0.1, 0.15) is 17.4 Å². The van der Waals surface area contributed by atoms with Gasteiger partial charge in [0.1, 0.15) is 5.01 Å². The molecule has 5 nitrogen and oxygen atoms in total. The van der Waals surface area contributed by atoms with E-state index in [9.17, 15) is 4.79 Å². The van der Waals surface area contributed by atoms with E-state index in [4.69, 9.17) is 0 Å². The number of amides is 2. The molecule has 2 heterocycles. The number of carbonyl (C=O) groups is 1. The summed E-state index contributed by atoms with van der Waals surface area (Å²) < 4.78 is 0. The topological polar surface area (TPSA) is 66.9 Å². The number of rotatable bonds is 5. The standard InChI is InChI=1S/C17H18N4OS2/c1-11-6-3-4-8-14(11)15-20-21-17(24-15)19-16(22)18-12(2)10-13-7-5-9-23-13/h3-9,12H,10H2,1-2H3,(H2,18,19,21,22)/t12-/m0/s1. The highest BCUT2D eigenvalue weighted by Crippen LogP contribution is 2.28. The van der Waals surface area contributed by atoms with E-state index >= 15 is 0 Å². The van der Waals surface area contributed by atoms with Crippen molar-refractivity contribution in [2.75, 3.05) is 5.32 Å². The summed E-state index contributed by atoms with van der Waals surface area (Å²) in [7, 11) is 0. The van der Waals surface area contributed by atoms with Crippen LogP contribution in [-0.4, -0.2) is 22.3 Å². The highest BCUT2D eigenvalue weighted by atomic mass is 32.1. The maximum absolute atomic E-state index is 12.1. The lowest BCUT2D eigenvalue weighted by Crippen LogP contribution is -2.37. The quantitative estimate of drug-likeness (QED) is 0.713. The smallest absolute Gasteiger partial charge is 0.321 e. The second-order valence-corrected chi connectivity index (χ2v) is 7.52. The van der Waals surface area contributed by atoms with Crippen LogP contribution < -0.4 is 10.6 Å². The van der Waals surface area contributed by atoms with Gasteiger partial charge in [0.25, 0.3) is 0 Å². The lowest BCUT2D eigenvalue weighted by molar-refractivity contribution is 0.249. The van der Waals surface area contributed by atoms with Gasteiger partial charge in [-0.3, -0.25) is 5.32 Å². The zero-order valence-electron chi connectivity index (χ0n) is 13.4. The van der Waals surface area contributed by atoms with E-state index in [2.05, 4.69) is 26.9 Å². The van der Waals surface area contributed by atoms with Gasteiger partial charge < -0.3 is 5.32 Å². The number of thiophene rings is 1. The molecule has 7 heteroatoms. The fourth-order valence-electron chi connectivity index (χ4n) is 2.33. The molecule has 0 bridgehead atoms. The molecule has 24 heavy (non-hydrogen) atoms. The molecular weight excluding hydrogens is 340 g/mol. The number of carbonyl (C=O) groups excluding carboxylic acids is 1. The predicted octanol–water partition coefficient (Wildman–Crippen LogP) is 4.33. The van der Waals surface area contributed by atoms with E-state index < -0.39 is 0 Å². The Hall–Kier alpha value is -2.25. The van der Waals surface area contributed by atoms with E-state index in [0.717, 1.165) is 22.6 Å². The summed E-state index contributed by atoms with van der Waals surface area (Å²) in [4.78, 5) is 13.3. The first-order valence-electron chi connectivity index (χ1n) is 7.61. The minimum absolute atomic E-state index is 0.0485. The van der Waals surface area contributed by atoms with Crippen molar-refractivity contribution < 1.29 is 4.79 Å². The number of aromatic nitrogens is 2. The van der Waals surface area contributed by atoms with Crippen molar-refractivity contribution in [1.29, 1.82) is 0 Å². The Labute approximate surface area is 148 Å². The second kappa shape index (κ2) is 7.55. The van der Waals surface area contributed by atoms with Crippen molar-refractivity contribution in [1.82, 2.24) is 15.5 Å². The summed E-state index contributed by atoms with van der Waals surface area (Å²) in [5.41, 5.74) is 2.17. The molecule has 2 amide bonds. The molecule has 0 spiro atoms. The molecule has 3 aromatic rings. The van der Waals surface area contributed by atoms with Gasteiger partial charge in [-0.1, -0.05) is 41.7 Å². The fourth-order valence-corrected chi connectivity index (χ4v) is 4.00. The number of anilines is 1. The Kier molecular flexibility index (Phi) is 5.22. The SMILES string of the molecule is Cc1ccccc1-c1nnc(NC(=O)N[C@@H](C)Cc2cccs2)s1. The molecule has 124 valence electrons. The molecule has 1 atom stereocenters. The van der Waals surface area contributed by atoms with Crippen molar-refractivity contribution >= 4 is 33.8 Å². The van der Waals surface area contributed by atoms with Crippen LogP contribution in [0.25, 0.3) is 10.6 Å². The highest BCUT2D eigenvalue weighted by Gasteiger charge is 2.13. The first kappa shape index (κ1) is 16.6. The van der Waals surface area contributed by atoms with Gasteiger partial charge in [-0.15, -0.1) is 21.5 Å². The van der Waals surface area contributed by atoms with Gasteiger partial charge in [-0.05, 0) is 30.9 Å². The molecule has 2 N–H and O–H groups in total. The van der Waals surface area contributed by atoms with E-state index in [-0.39, 0.29) is 12.1 Å². The minimum Gasteiger partial charge on any atom is -0.335 e. The Bertz CT molecular complexity index is 814. The zero-order chi connectivity index (χ0) is 16.9. The molecule has 1 aromatic carbocycles. The van der Waals surface area contributed by atoms with Crippen LogP contribution in [0.5, 0.6) is 0 Å². The number of urea groups is 1. The fraction of sp³-hybridized carbons (Fsp3) is 0.235. The number of nitrogens with one attached hydrogen (secondary N) is 2. The number of hydrogen-bond donors (Lipinski definition) is 2. The first-order valence-corrected chi connectivity index (χ1v) is 9.31. The van der Waals surface area contributed by atoms with Crippen molar-refractivity contribution in [3.8, 4) is 10.6 Å². The van der Waals surface area contributed by atoms with Crippen LogP contribution in [0.3, 0.4) is 0 Å². The van der Waals surface area contributed by atoms with Crippen LogP contribution in [0.2, 0.25) is 0 Å². The third kappa shape index (κ3) is 4.18. The molecular formula is C17H18N4OS2. The van der Waals surface area contributed by atoms with Crippen molar-refractivity contribution in [3.05, 3.63) is 52.2 Å². The van der Waals surface area contributed by atoms with Gasteiger partial charge in [0.15, 0.2) is 0 Å². The lowest BCUT2D eigenvalue weighted by atomic mass is 10.1.